The highest BCUT2D eigenvalue weighted by Crippen LogP contribution is 2.22. The number of halogens is 2. The van der Waals surface area contributed by atoms with Gasteiger partial charge in [-0.1, -0.05) is 0 Å². The first-order valence-electron chi connectivity index (χ1n) is 5.21. The molecule has 0 saturated heterocycles. The average Bonchev–Trinajstić information content (AvgIpc) is 2.40. The van der Waals surface area contributed by atoms with E-state index in [-0.39, 0.29) is 11.5 Å². The van der Waals surface area contributed by atoms with Crippen molar-refractivity contribution in [3.63, 3.8) is 0 Å². The number of hydrogen-bond donors (Lipinski definition) is 1. The van der Waals surface area contributed by atoms with Gasteiger partial charge < -0.3 is 4.90 Å². The molecule has 0 atom stereocenters. The molecule has 0 bridgehead atoms. The van der Waals surface area contributed by atoms with Crippen molar-refractivity contribution in [3.8, 4) is 6.07 Å². The second kappa shape index (κ2) is 4.86. The fraction of sp³-hybridized carbons (Fsp3) is 0.0833. The lowest BCUT2D eigenvalue weighted by Crippen LogP contribution is -2.19. The largest absolute Gasteiger partial charge is 0.347 e. The molecule has 1 aromatic carbocycles. The van der Waals surface area contributed by atoms with Gasteiger partial charge in [-0.05, 0) is 12.1 Å². The van der Waals surface area contributed by atoms with Gasteiger partial charge in [0.15, 0.2) is 11.6 Å². The Morgan fingerprint density at radius 2 is 2.05 bits per heavy atom. The van der Waals surface area contributed by atoms with E-state index in [0.717, 1.165) is 12.1 Å². The van der Waals surface area contributed by atoms with E-state index >= 15 is 0 Å². The molecule has 7 heteroatoms. The van der Waals surface area contributed by atoms with Crippen molar-refractivity contribution in [1.82, 2.24) is 9.97 Å². The van der Waals surface area contributed by atoms with Crippen molar-refractivity contribution >= 4 is 11.5 Å². The maximum atomic E-state index is 13.1. The van der Waals surface area contributed by atoms with Crippen molar-refractivity contribution in [2.24, 2.45) is 0 Å². The summed E-state index contributed by atoms with van der Waals surface area (Å²) in [6.07, 6.45) is 0. The smallest absolute Gasteiger partial charge is 0.329 e. The third-order valence-electron chi connectivity index (χ3n) is 2.49. The minimum absolute atomic E-state index is 0.0319. The molecule has 5 nitrogen and oxygen atoms in total. The third kappa shape index (κ3) is 2.57. The van der Waals surface area contributed by atoms with E-state index in [1.165, 1.54) is 24.1 Å². The van der Waals surface area contributed by atoms with Gasteiger partial charge in [-0.3, -0.25) is 4.98 Å². The molecular weight excluding hydrogens is 254 g/mol. The summed E-state index contributed by atoms with van der Waals surface area (Å²) in [6.45, 7) is 0. The van der Waals surface area contributed by atoms with Gasteiger partial charge >= 0.3 is 5.69 Å². The van der Waals surface area contributed by atoms with Crippen LogP contribution in [0.1, 0.15) is 5.69 Å². The van der Waals surface area contributed by atoms with Crippen LogP contribution in [0.3, 0.4) is 0 Å². The topological polar surface area (TPSA) is 72.8 Å². The number of nitrogens with zero attached hydrogens (tertiary/aromatic N) is 3. The Morgan fingerprint density at radius 3 is 2.68 bits per heavy atom. The lowest BCUT2D eigenvalue weighted by molar-refractivity contribution is 0.509. The monoisotopic (exact) mass is 262 g/mol. The summed E-state index contributed by atoms with van der Waals surface area (Å²) < 4.78 is 26.0. The van der Waals surface area contributed by atoms with Gasteiger partial charge in [0, 0.05) is 24.9 Å². The minimum Gasteiger partial charge on any atom is -0.329 e. The van der Waals surface area contributed by atoms with E-state index in [9.17, 15) is 13.6 Å². The van der Waals surface area contributed by atoms with Crippen LogP contribution in [0.2, 0.25) is 0 Å². The summed E-state index contributed by atoms with van der Waals surface area (Å²) >= 11 is 0. The first-order chi connectivity index (χ1) is 9.01. The lowest BCUT2D eigenvalue weighted by Gasteiger charge is -2.17. The van der Waals surface area contributed by atoms with Crippen molar-refractivity contribution in [2.45, 2.75) is 0 Å². The first-order valence-corrected chi connectivity index (χ1v) is 5.21. The van der Waals surface area contributed by atoms with Gasteiger partial charge in [0.05, 0.1) is 0 Å². The molecule has 0 fully saturated rings. The Labute approximate surface area is 106 Å². The van der Waals surface area contributed by atoms with Crippen LogP contribution < -0.4 is 10.6 Å². The van der Waals surface area contributed by atoms with Gasteiger partial charge in [0.2, 0.25) is 0 Å². The van der Waals surface area contributed by atoms with Crippen LogP contribution in [0.4, 0.5) is 20.3 Å². The highest BCUT2D eigenvalue weighted by atomic mass is 19.2. The second-order valence-corrected chi connectivity index (χ2v) is 3.73. The molecule has 0 aliphatic heterocycles. The molecular formula is C12H8F2N4O. The summed E-state index contributed by atoms with van der Waals surface area (Å²) in [5, 5.41) is 8.74. The maximum Gasteiger partial charge on any atom is 0.347 e. The summed E-state index contributed by atoms with van der Waals surface area (Å²) in [5.74, 6) is -1.81. The molecule has 0 unspecified atom stereocenters. The Balaban J connectivity index is 2.46. The number of aromatic amines is 1. The van der Waals surface area contributed by atoms with E-state index in [1.54, 1.807) is 6.07 Å². The molecule has 1 N–H and O–H groups in total. The van der Waals surface area contributed by atoms with E-state index in [1.807, 2.05) is 0 Å². The molecule has 0 saturated carbocycles. The zero-order chi connectivity index (χ0) is 14.0. The molecule has 0 aliphatic carbocycles. The molecule has 1 aromatic heterocycles. The third-order valence-corrected chi connectivity index (χ3v) is 2.49. The summed E-state index contributed by atoms with van der Waals surface area (Å²) in [4.78, 5) is 18.5. The highest BCUT2D eigenvalue weighted by Gasteiger charge is 2.10. The van der Waals surface area contributed by atoms with Crippen LogP contribution in [0.5, 0.6) is 0 Å². The van der Waals surface area contributed by atoms with Crippen molar-refractivity contribution in [1.29, 1.82) is 5.26 Å². The van der Waals surface area contributed by atoms with Gasteiger partial charge in [0.1, 0.15) is 17.6 Å². The predicted octanol–water partition coefficient (Wildman–Crippen LogP) is 1.69. The van der Waals surface area contributed by atoms with Crippen LogP contribution >= 0.6 is 0 Å². The Bertz CT molecular complexity index is 720. The van der Waals surface area contributed by atoms with Gasteiger partial charge in [-0.2, -0.15) is 10.2 Å². The zero-order valence-corrected chi connectivity index (χ0v) is 9.82. The van der Waals surface area contributed by atoms with E-state index < -0.39 is 17.3 Å². The number of H-pyrrole nitrogens is 1. The fourth-order valence-corrected chi connectivity index (χ4v) is 1.50. The average molecular weight is 262 g/mol. The normalized spacial score (nSPS) is 10.0. The Hall–Kier alpha value is -2.75. The van der Waals surface area contributed by atoms with Crippen LogP contribution in [-0.2, 0) is 0 Å². The molecule has 0 spiro atoms. The Kier molecular flexibility index (Phi) is 3.25. The standard InChI is InChI=1S/C12H8F2N4O/c1-18(8-2-3-9(13)10(14)5-8)11-4-7(6-15)16-12(19)17-11/h2-5H,1H3,(H,16,17,19). The summed E-state index contributed by atoms with van der Waals surface area (Å²) in [7, 11) is 1.52. The molecule has 2 aromatic rings. The number of benzene rings is 1. The van der Waals surface area contributed by atoms with Gasteiger partial charge in [0.25, 0.3) is 0 Å². The first kappa shape index (κ1) is 12.7. The van der Waals surface area contributed by atoms with E-state index in [2.05, 4.69) is 9.97 Å². The van der Waals surface area contributed by atoms with Crippen molar-refractivity contribution in [3.05, 3.63) is 52.1 Å². The van der Waals surface area contributed by atoms with Crippen LogP contribution in [0, 0.1) is 23.0 Å². The molecule has 0 radical (unpaired) electrons. The molecule has 0 aliphatic rings. The molecule has 19 heavy (non-hydrogen) atoms. The number of anilines is 2. The zero-order valence-electron chi connectivity index (χ0n) is 9.82. The van der Waals surface area contributed by atoms with Crippen LogP contribution in [0.15, 0.2) is 29.1 Å². The van der Waals surface area contributed by atoms with Crippen LogP contribution in [-0.4, -0.2) is 17.0 Å². The van der Waals surface area contributed by atoms with E-state index in [4.69, 9.17) is 5.26 Å². The fourth-order valence-electron chi connectivity index (χ4n) is 1.50. The molecule has 96 valence electrons. The second-order valence-electron chi connectivity index (χ2n) is 3.73. The molecule has 1 heterocycles. The number of aromatic nitrogens is 2. The highest BCUT2D eigenvalue weighted by molar-refractivity contribution is 5.59. The van der Waals surface area contributed by atoms with Crippen molar-refractivity contribution < 1.29 is 8.78 Å². The molecule has 0 amide bonds. The minimum atomic E-state index is -1.00. The lowest BCUT2D eigenvalue weighted by atomic mass is 10.2. The number of nitrogens with one attached hydrogen (secondary N) is 1. The number of hydrogen-bond acceptors (Lipinski definition) is 4. The van der Waals surface area contributed by atoms with Crippen molar-refractivity contribution in [2.75, 3.05) is 11.9 Å². The summed E-state index contributed by atoms with van der Waals surface area (Å²) in [6, 6.07) is 6.40. The SMILES string of the molecule is CN(c1ccc(F)c(F)c1)c1cc(C#N)[nH]c(=O)n1. The quantitative estimate of drug-likeness (QED) is 0.893. The summed E-state index contributed by atoms with van der Waals surface area (Å²) in [5.41, 5.74) is -0.353. The van der Waals surface area contributed by atoms with E-state index in [0.29, 0.717) is 5.69 Å². The molecule has 2 rings (SSSR count). The van der Waals surface area contributed by atoms with Gasteiger partial charge in [-0.15, -0.1) is 0 Å². The number of rotatable bonds is 2. The maximum absolute atomic E-state index is 13.1. The van der Waals surface area contributed by atoms with Crippen LogP contribution in [0.25, 0.3) is 0 Å². The van der Waals surface area contributed by atoms with Gasteiger partial charge in [-0.25, -0.2) is 13.6 Å². The number of nitriles is 1. The Morgan fingerprint density at radius 1 is 1.32 bits per heavy atom. The predicted molar refractivity (Wildman–Crippen MR) is 64.0 cm³/mol.